The highest BCUT2D eigenvalue weighted by Crippen LogP contribution is 2.63. The van der Waals surface area contributed by atoms with Gasteiger partial charge in [0, 0.05) is 7.11 Å². The number of hydrogen-bond donors (Lipinski definition) is 1. The van der Waals surface area contributed by atoms with E-state index in [1.807, 2.05) is 0 Å². The van der Waals surface area contributed by atoms with Crippen LogP contribution in [0.5, 0.6) is 0 Å². The van der Waals surface area contributed by atoms with Crippen LogP contribution in [0.15, 0.2) is 0 Å². The topological polar surface area (TPSA) is 29.5 Å². The molecule has 1 N–H and O–H groups in total. The molecule has 0 heterocycles. The molecule has 2 heteroatoms. The van der Waals surface area contributed by atoms with Crippen LogP contribution < -0.4 is 0 Å². The highest BCUT2D eigenvalue weighted by atomic mass is 16.5. The Hall–Kier alpha value is -0.0800. The Morgan fingerprint density at radius 2 is 1.93 bits per heavy atom. The largest absolute Gasteiger partial charge is 0.393 e. The van der Waals surface area contributed by atoms with E-state index in [1.54, 1.807) is 7.11 Å². The summed E-state index contributed by atoms with van der Waals surface area (Å²) in [5.41, 5.74) is 0.679. The maximum absolute atomic E-state index is 10.1. The van der Waals surface area contributed by atoms with E-state index in [-0.39, 0.29) is 11.5 Å². The molecule has 2 aliphatic carbocycles. The van der Waals surface area contributed by atoms with Gasteiger partial charge in [-0.05, 0) is 49.4 Å². The first kappa shape index (κ1) is 10.4. The number of fused-ring (bicyclic) bond motifs is 2. The molecule has 82 valence electrons. The van der Waals surface area contributed by atoms with Crippen LogP contribution in [-0.2, 0) is 4.74 Å². The number of methoxy groups -OCH3 is 1. The second kappa shape index (κ2) is 3.49. The van der Waals surface area contributed by atoms with Crippen LogP contribution in [0.3, 0.4) is 0 Å². The molecule has 2 saturated carbocycles. The predicted octanol–water partition coefficient (Wildman–Crippen LogP) is 2.35. The molecule has 14 heavy (non-hydrogen) atoms. The minimum Gasteiger partial charge on any atom is -0.393 e. The summed E-state index contributed by atoms with van der Waals surface area (Å²) in [6.45, 7) is 2.99. The molecular weight excluding hydrogens is 176 g/mol. The third-order valence-corrected chi connectivity index (χ3v) is 4.58. The monoisotopic (exact) mass is 198 g/mol. The van der Waals surface area contributed by atoms with E-state index >= 15 is 0 Å². The number of ether oxygens (including phenoxy) is 1. The lowest BCUT2D eigenvalue weighted by atomic mass is 9.77. The van der Waals surface area contributed by atoms with Crippen LogP contribution in [0, 0.1) is 10.8 Å². The summed E-state index contributed by atoms with van der Waals surface area (Å²) in [6, 6.07) is 0. The standard InChI is InChI=1S/C12H22O2/c1-3-10(13)12-6-4-11(8-12,5-7-12)9-14-2/h10,13H,3-9H2,1-2H3. The highest BCUT2D eigenvalue weighted by Gasteiger charge is 2.56. The van der Waals surface area contributed by atoms with Crippen LogP contribution in [0.1, 0.15) is 45.4 Å². The van der Waals surface area contributed by atoms with Crippen molar-refractivity contribution < 1.29 is 9.84 Å². The molecule has 2 rings (SSSR count). The second-order valence-corrected chi connectivity index (χ2v) is 5.40. The molecule has 0 radical (unpaired) electrons. The Kier molecular flexibility index (Phi) is 2.61. The summed E-state index contributed by atoms with van der Waals surface area (Å²) >= 11 is 0. The van der Waals surface area contributed by atoms with Gasteiger partial charge in [-0.3, -0.25) is 0 Å². The van der Waals surface area contributed by atoms with Gasteiger partial charge in [-0.15, -0.1) is 0 Å². The zero-order chi connectivity index (χ0) is 10.2. The lowest BCUT2D eigenvalue weighted by Crippen LogP contribution is -2.30. The third kappa shape index (κ3) is 1.40. The van der Waals surface area contributed by atoms with Crippen molar-refractivity contribution in [2.24, 2.45) is 10.8 Å². The zero-order valence-electron chi connectivity index (χ0n) is 9.38. The Morgan fingerprint density at radius 1 is 1.29 bits per heavy atom. The smallest absolute Gasteiger partial charge is 0.0594 e. The maximum Gasteiger partial charge on any atom is 0.0594 e. The summed E-state index contributed by atoms with van der Waals surface area (Å²) < 4.78 is 5.32. The first-order valence-corrected chi connectivity index (χ1v) is 5.83. The number of hydrogen-bond acceptors (Lipinski definition) is 2. The highest BCUT2D eigenvalue weighted by molar-refractivity contribution is 5.07. The van der Waals surface area contributed by atoms with Gasteiger partial charge in [0.15, 0.2) is 0 Å². The normalized spacial score (nSPS) is 43.1. The quantitative estimate of drug-likeness (QED) is 0.751. The average molecular weight is 198 g/mol. The van der Waals surface area contributed by atoms with Gasteiger partial charge in [-0.25, -0.2) is 0 Å². The minimum absolute atomic E-state index is 0.0799. The van der Waals surface area contributed by atoms with E-state index in [2.05, 4.69) is 6.92 Å². The fraction of sp³-hybridized carbons (Fsp3) is 1.00. The van der Waals surface area contributed by atoms with Gasteiger partial charge in [-0.2, -0.15) is 0 Å². The van der Waals surface area contributed by atoms with E-state index in [9.17, 15) is 5.11 Å². The first-order valence-electron chi connectivity index (χ1n) is 5.83. The fourth-order valence-electron chi connectivity index (χ4n) is 3.76. The molecule has 1 atom stereocenters. The second-order valence-electron chi connectivity index (χ2n) is 5.40. The summed E-state index contributed by atoms with van der Waals surface area (Å²) in [5, 5.41) is 10.1. The van der Waals surface area contributed by atoms with Crippen molar-refractivity contribution in [2.75, 3.05) is 13.7 Å². The Morgan fingerprint density at radius 3 is 2.43 bits per heavy atom. The molecule has 0 aromatic heterocycles. The molecule has 0 saturated heterocycles. The summed E-state index contributed by atoms with van der Waals surface area (Å²) in [4.78, 5) is 0. The molecule has 0 spiro atoms. The molecule has 0 aliphatic heterocycles. The van der Waals surface area contributed by atoms with Gasteiger partial charge in [0.05, 0.1) is 12.7 Å². The first-order chi connectivity index (χ1) is 6.66. The summed E-state index contributed by atoms with van der Waals surface area (Å²) in [7, 11) is 1.79. The molecule has 0 amide bonds. The molecular formula is C12H22O2. The fourth-order valence-corrected chi connectivity index (χ4v) is 3.76. The van der Waals surface area contributed by atoms with Gasteiger partial charge in [0.25, 0.3) is 0 Å². The van der Waals surface area contributed by atoms with Crippen LogP contribution in [0.25, 0.3) is 0 Å². The van der Waals surface area contributed by atoms with E-state index in [0.717, 1.165) is 13.0 Å². The van der Waals surface area contributed by atoms with Crippen LogP contribution in [-0.4, -0.2) is 24.9 Å². The maximum atomic E-state index is 10.1. The van der Waals surface area contributed by atoms with Gasteiger partial charge < -0.3 is 9.84 Å². The Labute approximate surface area is 86.6 Å². The lowest BCUT2D eigenvalue weighted by molar-refractivity contribution is 0.0283. The van der Waals surface area contributed by atoms with Crippen molar-refractivity contribution in [2.45, 2.75) is 51.6 Å². The molecule has 0 aromatic rings. The van der Waals surface area contributed by atoms with Gasteiger partial charge in [0.2, 0.25) is 0 Å². The van der Waals surface area contributed by atoms with Crippen molar-refractivity contribution in [1.29, 1.82) is 0 Å². The molecule has 2 fully saturated rings. The molecule has 1 unspecified atom stereocenters. The Balaban J connectivity index is 2.08. The van der Waals surface area contributed by atoms with Gasteiger partial charge in [0.1, 0.15) is 0 Å². The summed E-state index contributed by atoms with van der Waals surface area (Å²) in [5.74, 6) is 0. The van der Waals surface area contributed by atoms with Crippen molar-refractivity contribution in [3.8, 4) is 0 Å². The number of aliphatic hydroxyl groups excluding tert-OH is 1. The van der Waals surface area contributed by atoms with Crippen molar-refractivity contribution >= 4 is 0 Å². The van der Waals surface area contributed by atoms with E-state index < -0.39 is 0 Å². The van der Waals surface area contributed by atoms with Crippen LogP contribution >= 0.6 is 0 Å². The van der Waals surface area contributed by atoms with Crippen molar-refractivity contribution in [3.05, 3.63) is 0 Å². The molecule has 2 nitrogen and oxygen atoms in total. The predicted molar refractivity (Wildman–Crippen MR) is 56.1 cm³/mol. The SMILES string of the molecule is CCC(O)C12CCC(COC)(CC1)C2. The van der Waals surface area contributed by atoms with Gasteiger partial charge >= 0.3 is 0 Å². The van der Waals surface area contributed by atoms with Crippen LogP contribution in [0.2, 0.25) is 0 Å². The number of rotatable bonds is 4. The van der Waals surface area contributed by atoms with E-state index in [0.29, 0.717) is 5.41 Å². The minimum atomic E-state index is -0.0799. The third-order valence-electron chi connectivity index (χ3n) is 4.58. The number of aliphatic hydroxyl groups is 1. The lowest BCUT2D eigenvalue weighted by Gasteiger charge is -2.31. The summed E-state index contributed by atoms with van der Waals surface area (Å²) in [6.07, 6.45) is 6.97. The van der Waals surface area contributed by atoms with Crippen LogP contribution in [0.4, 0.5) is 0 Å². The molecule has 2 aliphatic rings. The molecule has 0 aromatic carbocycles. The zero-order valence-corrected chi connectivity index (χ0v) is 9.38. The van der Waals surface area contributed by atoms with Crippen molar-refractivity contribution in [1.82, 2.24) is 0 Å². The average Bonchev–Trinajstić information content (AvgIpc) is 2.74. The van der Waals surface area contributed by atoms with Gasteiger partial charge in [-0.1, -0.05) is 6.92 Å². The van der Waals surface area contributed by atoms with Crippen molar-refractivity contribution in [3.63, 3.8) is 0 Å². The Bertz CT molecular complexity index is 204. The van der Waals surface area contributed by atoms with E-state index in [4.69, 9.17) is 4.74 Å². The molecule has 2 bridgehead atoms. The van der Waals surface area contributed by atoms with E-state index in [1.165, 1.54) is 32.1 Å².